The monoisotopic (exact) mass is 704 g/mol. The molecule has 4 aromatic rings. The number of halogens is 1. The first-order valence-corrected chi connectivity index (χ1v) is 17.9. The van der Waals surface area contributed by atoms with Crippen molar-refractivity contribution in [2.45, 2.75) is 79.5 Å². The van der Waals surface area contributed by atoms with E-state index in [2.05, 4.69) is 25.9 Å². The summed E-state index contributed by atoms with van der Waals surface area (Å²) in [4.78, 5) is 53.3. The van der Waals surface area contributed by atoms with Crippen LogP contribution in [0, 0.1) is 0 Å². The Bertz CT molecular complexity index is 1750. The van der Waals surface area contributed by atoms with Crippen LogP contribution in [-0.2, 0) is 33.9 Å². The number of amides is 3. The molecule has 0 fully saturated rings. The molecule has 13 heteroatoms. The van der Waals surface area contributed by atoms with E-state index in [0.29, 0.717) is 56.8 Å². The van der Waals surface area contributed by atoms with E-state index in [1.165, 1.54) is 16.7 Å². The molecule has 0 bridgehead atoms. The molecule has 11 nitrogen and oxygen atoms in total. The minimum atomic E-state index is -0.873. The molecule has 0 aliphatic carbocycles. The van der Waals surface area contributed by atoms with E-state index in [-0.39, 0.29) is 30.7 Å². The summed E-state index contributed by atoms with van der Waals surface area (Å²) in [5, 5.41) is 11.1. The summed E-state index contributed by atoms with van der Waals surface area (Å²) in [6.45, 7) is 1.48. The first kappa shape index (κ1) is 36.3. The number of hydrogen-bond acceptors (Lipinski definition) is 8. The van der Waals surface area contributed by atoms with Crippen molar-refractivity contribution in [1.82, 2.24) is 30.8 Å². The number of nitrogens with zero attached hydrogens (tertiary/aromatic N) is 2. The van der Waals surface area contributed by atoms with Crippen molar-refractivity contribution < 1.29 is 14.4 Å². The summed E-state index contributed by atoms with van der Waals surface area (Å²) >= 11 is 7.97. The highest BCUT2D eigenvalue weighted by molar-refractivity contribution is 7.99. The number of benzene rings is 2. The summed E-state index contributed by atoms with van der Waals surface area (Å²) in [5.74, 6) is -0.959. The third-order valence-electron chi connectivity index (χ3n) is 8.89. The van der Waals surface area contributed by atoms with Crippen molar-refractivity contribution in [3.63, 3.8) is 0 Å². The molecule has 1 aliphatic heterocycles. The fourth-order valence-corrected chi connectivity index (χ4v) is 7.28. The van der Waals surface area contributed by atoms with E-state index in [1.807, 2.05) is 54.7 Å². The molecule has 49 heavy (non-hydrogen) atoms. The number of nitrogens with one attached hydrogen (secondary N) is 4. The molecule has 0 saturated heterocycles. The predicted molar refractivity (Wildman–Crippen MR) is 194 cm³/mol. The Morgan fingerprint density at radius 2 is 1.71 bits per heavy atom. The molecule has 0 saturated carbocycles. The van der Waals surface area contributed by atoms with E-state index in [4.69, 9.17) is 23.1 Å². The van der Waals surface area contributed by atoms with Crippen molar-refractivity contribution in [2.75, 3.05) is 20.1 Å². The van der Waals surface area contributed by atoms with Crippen molar-refractivity contribution in [1.29, 1.82) is 0 Å². The number of likely N-dealkylation sites (N-methyl/N-ethyl adjacent to an activating group) is 1. The molecule has 2 aromatic carbocycles. The number of carbonyl (C=O) groups is 3. The Morgan fingerprint density at radius 3 is 2.53 bits per heavy atom. The molecular formula is C36H45ClN8O3S. The highest BCUT2D eigenvalue weighted by atomic mass is 35.5. The number of hydrogen-bond donors (Lipinski definition) is 6. The lowest BCUT2D eigenvalue weighted by atomic mass is 10.0. The zero-order valence-corrected chi connectivity index (χ0v) is 29.3. The molecule has 1 aliphatic rings. The number of fused-ring (bicyclic) bond motifs is 3. The molecule has 0 spiro atoms. The predicted octanol–water partition coefficient (Wildman–Crippen LogP) is 3.88. The van der Waals surface area contributed by atoms with E-state index in [1.54, 1.807) is 19.4 Å². The molecule has 5 rings (SSSR count). The van der Waals surface area contributed by atoms with Gasteiger partial charge >= 0.3 is 0 Å². The number of carbonyl (C=O) groups excluding carboxylic acids is 3. The van der Waals surface area contributed by atoms with Crippen molar-refractivity contribution >= 4 is 52.0 Å². The van der Waals surface area contributed by atoms with E-state index in [9.17, 15) is 14.4 Å². The summed E-state index contributed by atoms with van der Waals surface area (Å²) in [7, 11) is 1.63. The average Bonchev–Trinajstić information content (AvgIpc) is 3.52. The largest absolute Gasteiger partial charge is 0.361 e. The van der Waals surface area contributed by atoms with Crippen LogP contribution in [0.3, 0.4) is 0 Å². The van der Waals surface area contributed by atoms with Gasteiger partial charge in [0.25, 0.3) is 0 Å². The third-order valence-corrected chi connectivity index (χ3v) is 10.3. The Morgan fingerprint density at radius 1 is 0.918 bits per heavy atom. The number of aromatic nitrogens is 2. The molecule has 260 valence electrons. The van der Waals surface area contributed by atoms with Crippen LogP contribution in [0.15, 0.2) is 76.9 Å². The quantitative estimate of drug-likeness (QED) is 0.143. The van der Waals surface area contributed by atoms with Gasteiger partial charge in [-0.1, -0.05) is 41.6 Å². The van der Waals surface area contributed by atoms with E-state index < -0.39 is 18.1 Å². The lowest BCUT2D eigenvalue weighted by Gasteiger charge is -2.32. The topological polar surface area (TPSA) is 171 Å². The van der Waals surface area contributed by atoms with Gasteiger partial charge in [-0.15, -0.1) is 0 Å². The number of pyridine rings is 1. The normalized spacial score (nSPS) is 19.6. The Hall–Kier alpha value is -3.94. The Kier molecular flexibility index (Phi) is 13.1. The maximum absolute atomic E-state index is 14.3. The maximum atomic E-state index is 14.3. The highest BCUT2D eigenvalue weighted by Crippen LogP contribution is 2.34. The van der Waals surface area contributed by atoms with Crippen LogP contribution < -0.4 is 27.4 Å². The minimum Gasteiger partial charge on any atom is -0.361 e. The van der Waals surface area contributed by atoms with Gasteiger partial charge in [0.15, 0.2) is 0 Å². The fraction of sp³-hybridized carbons (Fsp3) is 0.389. The summed E-state index contributed by atoms with van der Waals surface area (Å²) < 4.78 is 0. The molecule has 0 unspecified atom stereocenters. The minimum absolute atomic E-state index is 0.194. The van der Waals surface area contributed by atoms with E-state index in [0.717, 1.165) is 37.4 Å². The Labute approximate surface area is 296 Å². The number of nitrogens with two attached hydrogens (primary N) is 2. The zero-order chi connectivity index (χ0) is 34.8. The van der Waals surface area contributed by atoms with Crippen LogP contribution in [0.2, 0.25) is 5.02 Å². The number of aromatic amines is 1. The molecule has 3 atom stereocenters. The van der Waals surface area contributed by atoms with Gasteiger partial charge in [0.05, 0.1) is 6.04 Å². The summed E-state index contributed by atoms with van der Waals surface area (Å²) in [6, 6.07) is 13.0. The number of unbranched alkanes of at least 4 members (excludes halogenated alkanes) is 1. The standard InChI is InChI=1S/C36H45ClN8O3S/c1-45-31(18-24-20-41-28-8-3-2-7-27(24)28)35(47)43-21-25-17-26(37)11-12-32(25)49-33-22-40-16-13-23(33)19-42-29(10-6-15-39)34(46)44-30(36(45)48)9-4-5-14-38/h2-3,7-8,11-13,16-17,20,22,29-31,41-42H,4-6,9-10,14-15,18-19,21,38-39H2,1H3,(H,43,47)(H,44,46)/t29-,30-,31-/m0/s1. The van der Waals surface area contributed by atoms with Gasteiger partial charge in [-0.3, -0.25) is 19.4 Å². The van der Waals surface area contributed by atoms with Gasteiger partial charge < -0.3 is 37.3 Å². The van der Waals surface area contributed by atoms with Gasteiger partial charge in [-0.25, -0.2) is 0 Å². The van der Waals surface area contributed by atoms with Gasteiger partial charge in [-0.2, -0.15) is 0 Å². The number of para-hydroxylation sites is 1. The first-order chi connectivity index (χ1) is 23.8. The average molecular weight is 705 g/mol. The van der Waals surface area contributed by atoms with Crippen LogP contribution in [0.4, 0.5) is 0 Å². The molecule has 0 radical (unpaired) electrons. The molecule has 2 aromatic heterocycles. The number of H-pyrrole nitrogens is 1. The fourth-order valence-electron chi connectivity index (χ4n) is 6.07. The second-order valence-electron chi connectivity index (χ2n) is 12.3. The maximum Gasteiger partial charge on any atom is 0.245 e. The van der Waals surface area contributed by atoms with Crippen molar-refractivity contribution in [3.05, 3.63) is 88.8 Å². The van der Waals surface area contributed by atoms with Crippen molar-refractivity contribution in [2.24, 2.45) is 11.5 Å². The smallest absolute Gasteiger partial charge is 0.245 e. The lowest BCUT2D eigenvalue weighted by Crippen LogP contribution is -2.57. The first-order valence-electron chi connectivity index (χ1n) is 16.7. The zero-order valence-electron chi connectivity index (χ0n) is 27.7. The highest BCUT2D eigenvalue weighted by Gasteiger charge is 2.34. The SMILES string of the molecule is CN1C(=O)[C@H](CCCCN)NC(=O)[C@H](CCCN)NCc2ccncc2Sc2ccc(Cl)cc2CNC(=O)[C@@H]1Cc1c[nH]c2ccccc12. The van der Waals surface area contributed by atoms with Gasteiger partial charge in [0, 0.05) is 70.9 Å². The molecule has 8 N–H and O–H groups in total. The van der Waals surface area contributed by atoms with Crippen LogP contribution in [0.5, 0.6) is 0 Å². The molecule has 3 heterocycles. The summed E-state index contributed by atoms with van der Waals surface area (Å²) in [5.41, 5.74) is 15.3. The number of rotatable bonds is 9. The van der Waals surface area contributed by atoms with Gasteiger partial charge in [0.1, 0.15) is 12.1 Å². The van der Waals surface area contributed by atoms with Gasteiger partial charge in [0.2, 0.25) is 17.7 Å². The second kappa shape index (κ2) is 17.6. The van der Waals surface area contributed by atoms with Crippen LogP contribution in [0.25, 0.3) is 10.9 Å². The van der Waals surface area contributed by atoms with Crippen molar-refractivity contribution in [3.8, 4) is 0 Å². The molecule has 3 amide bonds. The Balaban J connectivity index is 1.55. The molecular weight excluding hydrogens is 660 g/mol. The third kappa shape index (κ3) is 9.40. The van der Waals surface area contributed by atoms with Gasteiger partial charge in [-0.05, 0) is 92.2 Å². The van der Waals surface area contributed by atoms with Crippen LogP contribution in [-0.4, -0.2) is 70.9 Å². The second-order valence-corrected chi connectivity index (χ2v) is 13.8. The summed E-state index contributed by atoms with van der Waals surface area (Å²) in [6.07, 6.45) is 8.48. The van der Waals surface area contributed by atoms with Crippen LogP contribution >= 0.6 is 23.4 Å². The van der Waals surface area contributed by atoms with Crippen LogP contribution in [0.1, 0.15) is 48.8 Å². The lowest BCUT2D eigenvalue weighted by molar-refractivity contribution is -0.142. The van der Waals surface area contributed by atoms with E-state index >= 15 is 0 Å².